The number of carbonyl (C=O) groups excluding carboxylic acids is 4. The van der Waals surface area contributed by atoms with Gasteiger partial charge in [-0.15, -0.1) is 0 Å². The second-order valence-electron chi connectivity index (χ2n) is 17.3. The number of rotatable bonds is 44. The van der Waals surface area contributed by atoms with Crippen LogP contribution in [0.1, 0.15) is 79.7 Å². The standard InChI is InChI=1S/C58H92N6O17/c1-57(2,3)51(61-55(68)80-40-38-78-36-34-76-32-30-74-28-26-72-24-22-70-7)53(66)60-49(42-45-14-10-9-11-15-45)50(65)44-64(43-46-17-19-47(20-18-46)48-16-12-13-21-59-48)63-54(67)52(58(4,5)6)62-56(69)81-41-39-79-37-35-77-33-31-75-29-27-73-25-23-71-8/h9-21,49-52,65H,22-44H2,1-8H3,(H,60,66)(H,61,68)(H,62,69)(H,63,67)/t49-,50-,51+,52+/m0/s1/i1D3,2D3,3D3,4D3,5D3,6D3,43D2. The average Bonchev–Trinajstić information content (AvgIpc) is 0.715. The predicted molar refractivity (Wildman–Crippen MR) is 302 cm³/mol. The van der Waals surface area contributed by atoms with Crippen molar-refractivity contribution in [2.45, 2.75) is 78.3 Å². The van der Waals surface area contributed by atoms with Crippen molar-refractivity contribution in [1.82, 2.24) is 31.4 Å². The van der Waals surface area contributed by atoms with Crippen molar-refractivity contribution < 1.29 is 109 Å². The van der Waals surface area contributed by atoms with Crippen molar-refractivity contribution >= 4 is 24.0 Å². The largest absolute Gasteiger partial charge is 0.447 e. The van der Waals surface area contributed by atoms with E-state index < -0.39 is 145 Å². The van der Waals surface area contributed by atoms with Gasteiger partial charge in [-0.05, 0) is 40.5 Å². The van der Waals surface area contributed by atoms with E-state index in [9.17, 15) is 17.4 Å². The third kappa shape index (κ3) is 32.1. The molecule has 0 unspecified atom stereocenters. The van der Waals surface area contributed by atoms with Crippen LogP contribution in [-0.4, -0.2) is 216 Å². The van der Waals surface area contributed by atoms with E-state index in [4.69, 9.17) is 81.5 Å². The van der Waals surface area contributed by atoms with Crippen molar-refractivity contribution in [1.29, 1.82) is 0 Å². The lowest BCUT2D eigenvalue weighted by atomic mass is 9.85. The van der Waals surface area contributed by atoms with Gasteiger partial charge in [0, 0.05) is 63.7 Å². The van der Waals surface area contributed by atoms with Gasteiger partial charge in [-0.2, -0.15) is 0 Å². The molecule has 0 aliphatic heterocycles. The Bertz CT molecular complexity index is 2800. The molecule has 1 aromatic heterocycles. The Morgan fingerprint density at radius 1 is 0.531 bits per heavy atom. The summed E-state index contributed by atoms with van der Waals surface area (Å²) < 4.78 is 235. The topological polar surface area (TPSA) is 264 Å². The first kappa shape index (κ1) is 44.2. The Morgan fingerprint density at radius 2 is 0.951 bits per heavy atom. The number of ether oxygens (including phenoxy) is 12. The normalized spacial score (nSPS) is 18.0. The third-order valence-electron chi connectivity index (χ3n) is 10.7. The van der Waals surface area contributed by atoms with Crippen LogP contribution in [0.4, 0.5) is 9.59 Å². The van der Waals surface area contributed by atoms with E-state index in [0.29, 0.717) is 57.5 Å². The summed E-state index contributed by atoms with van der Waals surface area (Å²) in [5.74, 6) is -4.00. The molecule has 5 N–H and O–H groups in total. The number of hydrogen-bond acceptors (Lipinski definition) is 19. The Morgan fingerprint density at radius 3 is 1.37 bits per heavy atom. The molecule has 4 amide bonds. The van der Waals surface area contributed by atoms with Gasteiger partial charge in [-0.25, -0.2) is 14.6 Å². The lowest BCUT2D eigenvalue weighted by molar-refractivity contribution is -0.132. The highest BCUT2D eigenvalue weighted by molar-refractivity contribution is 5.87. The minimum atomic E-state index is -4.31. The summed E-state index contributed by atoms with van der Waals surface area (Å²) in [6, 6.07) is 8.71. The van der Waals surface area contributed by atoms with Crippen molar-refractivity contribution in [3.63, 3.8) is 0 Å². The molecular formula is C58H92N6O17. The summed E-state index contributed by atoms with van der Waals surface area (Å²) in [7, 11) is 3.07. The van der Waals surface area contributed by atoms with Crippen LogP contribution in [0.2, 0.25) is 0 Å². The molecule has 0 aliphatic carbocycles. The van der Waals surface area contributed by atoms with Crippen LogP contribution in [0.5, 0.6) is 0 Å². The molecule has 2 aromatic carbocycles. The second-order valence-corrected chi connectivity index (χ2v) is 17.3. The van der Waals surface area contributed by atoms with Crippen molar-refractivity contribution in [2.75, 3.05) is 153 Å². The highest BCUT2D eigenvalue weighted by Gasteiger charge is 2.37. The van der Waals surface area contributed by atoms with Crippen LogP contribution < -0.4 is 21.4 Å². The first-order valence-electron chi connectivity index (χ1n) is 35.9. The molecule has 0 radical (unpaired) electrons. The van der Waals surface area contributed by atoms with Gasteiger partial charge in [0.1, 0.15) is 25.3 Å². The van der Waals surface area contributed by atoms with Gasteiger partial charge in [0.05, 0.1) is 140 Å². The number of aliphatic hydroxyl groups is 1. The Balaban J connectivity index is 2.13. The van der Waals surface area contributed by atoms with Gasteiger partial charge in [0.15, 0.2) is 0 Å². The molecule has 456 valence electrons. The molecule has 3 aromatic rings. The molecule has 23 nitrogen and oxygen atoms in total. The van der Waals surface area contributed by atoms with Crippen molar-refractivity contribution in [2.24, 2.45) is 10.8 Å². The number of carbonyl (C=O) groups is 4. The fourth-order valence-corrected chi connectivity index (χ4v) is 6.71. The molecule has 3 rings (SSSR count). The van der Waals surface area contributed by atoms with Crippen molar-refractivity contribution in [3.05, 3.63) is 90.1 Å². The molecular weight excluding hydrogens is 1050 g/mol. The minimum Gasteiger partial charge on any atom is -0.447 e. The van der Waals surface area contributed by atoms with Crippen LogP contribution in [0.15, 0.2) is 79.0 Å². The molecule has 0 aliphatic rings. The average molecular weight is 1170 g/mol. The quantitative estimate of drug-likeness (QED) is 0.0389. The van der Waals surface area contributed by atoms with Crippen LogP contribution >= 0.6 is 0 Å². The van der Waals surface area contributed by atoms with Gasteiger partial charge in [-0.3, -0.25) is 20.0 Å². The maximum absolute atomic E-state index is 15.2. The number of alkyl carbamates (subject to hydrolysis) is 2. The van der Waals surface area contributed by atoms with Gasteiger partial charge >= 0.3 is 12.2 Å². The van der Waals surface area contributed by atoms with E-state index in [-0.39, 0.29) is 76.6 Å². The van der Waals surface area contributed by atoms with Gasteiger partial charge in [0.2, 0.25) is 5.91 Å². The molecule has 0 spiro atoms. The fourth-order valence-electron chi connectivity index (χ4n) is 6.71. The number of hydrogen-bond donors (Lipinski definition) is 5. The molecule has 4 atom stereocenters. The lowest BCUT2D eigenvalue weighted by Crippen LogP contribution is -2.61. The zero-order valence-electron chi connectivity index (χ0n) is 65.7. The number of pyridine rings is 1. The maximum atomic E-state index is 15.2. The molecule has 0 bridgehead atoms. The SMILES string of the molecule is [2H]C([2H])(c1ccc(-c2ccccn2)cc1)N(C[C@H](O)[C@H](Cc1ccccc1)NC(=O)[C@@H](NC(=O)OCCOCCOCCOCCOCCOC)C(C([2H])([2H])[2H])(C([2H])([2H])[2H])C([2H])([2H])[2H])NC(=O)[C@@H](NC(=O)OCCOCCOCCOCCOCCOC)C(C([2H])([2H])[2H])(C([2H])([2H])[2H])C([2H])([2H])[2H]. The van der Waals surface area contributed by atoms with Crippen LogP contribution in [-0.2, 0) is 79.3 Å². The number of nitrogens with one attached hydrogen (secondary N) is 4. The maximum Gasteiger partial charge on any atom is 0.407 e. The molecule has 0 fully saturated rings. The van der Waals surface area contributed by atoms with Crippen LogP contribution in [0.3, 0.4) is 0 Å². The lowest BCUT2D eigenvalue weighted by Gasteiger charge is -2.36. The second kappa shape index (κ2) is 41.6. The van der Waals surface area contributed by atoms with Gasteiger partial charge in [-0.1, -0.05) is 102 Å². The first-order chi connectivity index (χ1) is 47.3. The number of aliphatic hydroxyl groups excluding tert-OH is 1. The molecule has 1 heterocycles. The number of amides is 4. The fraction of sp³-hybridized carbons (Fsp3) is 0.638. The van der Waals surface area contributed by atoms with E-state index in [1.165, 1.54) is 62.9 Å². The Labute approximate surface area is 507 Å². The number of benzene rings is 2. The third-order valence-corrected chi connectivity index (χ3v) is 10.7. The summed E-state index contributed by atoms with van der Waals surface area (Å²) in [5.41, 5.74) is -6.03. The highest BCUT2D eigenvalue weighted by Crippen LogP contribution is 2.23. The van der Waals surface area contributed by atoms with Crippen LogP contribution in [0, 0.1) is 10.8 Å². The van der Waals surface area contributed by atoms with E-state index in [1.807, 2.05) is 5.43 Å². The number of hydrazine groups is 1. The summed E-state index contributed by atoms with van der Waals surface area (Å²) in [6.45, 7) is -28.8. The van der Waals surface area contributed by atoms with E-state index in [1.54, 1.807) is 28.8 Å². The number of aromatic nitrogens is 1. The van der Waals surface area contributed by atoms with Crippen molar-refractivity contribution in [3.8, 4) is 11.3 Å². The van der Waals surface area contributed by atoms with E-state index in [0.717, 1.165) is 12.1 Å². The minimum absolute atomic E-state index is 0.0172. The predicted octanol–water partition coefficient (Wildman–Crippen LogP) is 4.38. The molecule has 0 saturated heterocycles. The number of methoxy groups -OCH3 is 2. The summed E-state index contributed by atoms with van der Waals surface area (Å²) >= 11 is 0. The monoisotopic (exact) mass is 1160 g/mol. The number of nitrogens with zero attached hydrogens (tertiary/aromatic N) is 2. The van der Waals surface area contributed by atoms with Crippen LogP contribution in [0.25, 0.3) is 11.3 Å². The van der Waals surface area contributed by atoms with E-state index >= 15 is 9.59 Å². The molecule has 0 saturated carbocycles. The van der Waals surface area contributed by atoms with Gasteiger partial charge in [0.25, 0.3) is 5.91 Å². The van der Waals surface area contributed by atoms with Gasteiger partial charge < -0.3 is 77.9 Å². The zero-order chi connectivity index (χ0) is 75.8. The zero-order valence-corrected chi connectivity index (χ0v) is 45.7. The Kier molecular flexibility index (Phi) is 22.7. The molecule has 23 heteroatoms. The van der Waals surface area contributed by atoms with E-state index in [2.05, 4.69) is 10.3 Å². The molecule has 81 heavy (non-hydrogen) atoms. The summed E-state index contributed by atoms with van der Waals surface area (Å²) in [4.78, 5) is 62.1. The first-order valence-corrected chi connectivity index (χ1v) is 25.9. The highest BCUT2D eigenvalue weighted by atomic mass is 16.6. The summed E-state index contributed by atoms with van der Waals surface area (Å²) in [5, 5.41) is 18.6. The smallest absolute Gasteiger partial charge is 0.407 e. The summed E-state index contributed by atoms with van der Waals surface area (Å²) in [6.07, 6.45) is -5.14. The Hall–Kier alpha value is -5.41.